The minimum Gasteiger partial charge on any atom is -0.285 e. The van der Waals surface area contributed by atoms with Gasteiger partial charge in [-0.2, -0.15) is 0 Å². The van der Waals surface area contributed by atoms with E-state index in [1.807, 2.05) is 6.20 Å². The van der Waals surface area contributed by atoms with E-state index in [-0.39, 0.29) is 5.91 Å². The molecule has 1 heterocycles. The Morgan fingerprint density at radius 3 is 2.92 bits per heavy atom. The van der Waals surface area contributed by atoms with Crippen molar-refractivity contribution < 1.29 is 4.79 Å². The number of nitrogens with zero attached hydrogens (tertiary/aromatic N) is 2. The number of carbonyl (C=O) groups excluding carboxylic acids is 1. The Bertz CT molecular complexity index is 324. The van der Waals surface area contributed by atoms with Crippen LogP contribution in [0.5, 0.6) is 0 Å². The van der Waals surface area contributed by atoms with E-state index in [0.717, 1.165) is 5.70 Å². The highest BCUT2D eigenvalue weighted by molar-refractivity contribution is 5.89. The Morgan fingerprint density at radius 1 is 1.69 bits per heavy atom. The largest absolute Gasteiger partial charge is 0.285 e. The van der Waals surface area contributed by atoms with E-state index >= 15 is 0 Å². The van der Waals surface area contributed by atoms with Gasteiger partial charge < -0.3 is 0 Å². The lowest BCUT2D eigenvalue weighted by Crippen LogP contribution is -2.25. The summed E-state index contributed by atoms with van der Waals surface area (Å²) in [5.74, 6) is 0.570. The van der Waals surface area contributed by atoms with Crippen LogP contribution in [-0.2, 0) is 4.79 Å². The fourth-order valence-electron chi connectivity index (χ4n) is 1.34. The lowest BCUT2D eigenvalue weighted by molar-refractivity contribution is -0.124. The molecule has 1 saturated carbocycles. The standard InChI is InChI=1S/C10H12N2O/c1-7-5-11-10(9-3-4-9)6-12(7)8(2)13/h5-6,9H,1,3-4H2,2H3. The molecule has 2 rings (SSSR count). The van der Waals surface area contributed by atoms with Gasteiger partial charge in [0, 0.05) is 19.0 Å². The maximum absolute atomic E-state index is 11.2. The normalized spacial score (nSPS) is 21.8. The number of hydrogen-bond donors (Lipinski definition) is 0. The second-order valence-electron chi connectivity index (χ2n) is 3.47. The number of amides is 1. The van der Waals surface area contributed by atoms with Gasteiger partial charge >= 0.3 is 0 Å². The summed E-state index contributed by atoms with van der Waals surface area (Å²) >= 11 is 0. The maximum atomic E-state index is 11.2. The summed E-state index contributed by atoms with van der Waals surface area (Å²) in [6.45, 7) is 5.28. The summed E-state index contributed by atoms with van der Waals surface area (Å²) in [6, 6.07) is 0. The Hall–Kier alpha value is -1.38. The van der Waals surface area contributed by atoms with Crippen molar-refractivity contribution in [3.63, 3.8) is 0 Å². The van der Waals surface area contributed by atoms with Crippen LogP contribution in [0.2, 0.25) is 0 Å². The molecule has 0 aromatic heterocycles. The molecular weight excluding hydrogens is 164 g/mol. The van der Waals surface area contributed by atoms with E-state index in [1.54, 1.807) is 11.1 Å². The molecular formula is C10H12N2O. The molecule has 1 fully saturated rings. The van der Waals surface area contributed by atoms with Crippen molar-refractivity contribution in [2.75, 3.05) is 0 Å². The Balaban J connectivity index is 2.22. The SMILES string of the molecule is C=C1C=NC(C2CC2)=CN1C(C)=O. The molecule has 0 atom stereocenters. The monoisotopic (exact) mass is 176 g/mol. The van der Waals surface area contributed by atoms with Gasteiger partial charge in [0.2, 0.25) is 5.91 Å². The molecule has 0 saturated heterocycles. The highest BCUT2D eigenvalue weighted by Crippen LogP contribution is 2.38. The minimum absolute atomic E-state index is 0.00528. The highest BCUT2D eigenvalue weighted by atomic mass is 16.2. The van der Waals surface area contributed by atoms with E-state index in [1.165, 1.54) is 19.8 Å². The molecule has 0 N–H and O–H groups in total. The van der Waals surface area contributed by atoms with Crippen molar-refractivity contribution in [2.24, 2.45) is 10.9 Å². The van der Waals surface area contributed by atoms with E-state index in [9.17, 15) is 4.79 Å². The van der Waals surface area contributed by atoms with E-state index in [0.29, 0.717) is 11.6 Å². The summed E-state index contributed by atoms with van der Waals surface area (Å²) in [6.07, 6.45) is 5.86. The first kappa shape index (κ1) is 8.23. The molecule has 1 aliphatic heterocycles. The van der Waals surface area contributed by atoms with Crippen molar-refractivity contribution in [3.8, 4) is 0 Å². The second-order valence-corrected chi connectivity index (χ2v) is 3.47. The average molecular weight is 176 g/mol. The highest BCUT2D eigenvalue weighted by Gasteiger charge is 2.28. The summed E-state index contributed by atoms with van der Waals surface area (Å²) < 4.78 is 0. The molecule has 68 valence electrons. The fraction of sp³-hybridized carbons (Fsp3) is 0.400. The zero-order valence-corrected chi connectivity index (χ0v) is 7.66. The lowest BCUT2D eigenvalue weighted by atomic mass is 10.2. The zero-order valence-electron chi connectivity index (χ0n) is 7.66. The Kier molecular flexibility index (Phi) is 1.79. The molecule has 3 heteroatoms. The summed E-state index contributed by atoms with van der Waals surface area (Å²) in [5.41, 5.74) is 1.67. The summed E-state index contributed by atoms with van der Waals surface area (Å²) in [4.78, 5) is 17.0. The molecule has 2 aliphatic rings. The smallest absolute Gasteiger partial charge is 0.228 e. The first-order chi connectivity index (χ1) is 6.18. The van der Waals surface area contributed by atoms with Crippen LogP contribution in [0.15, 0.2) is 29.2 Å². The number of aliphatic imine (C=N–C) groups is 1. The van der Waals surface area contributed by atoms with Crippen LogP contribution in [0, 0.1) is 5.92 Å². The number of hydrogen-bond acceptors (Lipinski definition) is 2. The van der Waals surface area contributed by atoms with Gasteiger partial charge in [0.15, 0.2) is 0 Å². The van der Waals surface area contributed by atoms with Gasteiger partial charge in [-0.15, -0.1) is 0 Å². The van der Waals surface area contributed by atoms with Crippen LogP contribution < -0.4 is 0 Å². The van der Waals surface area contributed by atoms with Crippen molar-refractivity contribution in [2.45, 2.75) is 19.8 Å². The Labute approximate surface area is 77.4 Å². The lowest BCUT2D eigenvalue weighted by Gasteiger charge is -2.20. The van der Waals surface area contributed by atoms with Crippen LogP contribution in [0.3, 0.4) is 0 Å². The molecule has 0 aromatic rings. The predicted octanol–water partition coefficient (Wildman–Crippen LogP) is 1.68. The van der Waals surface area contributed by atoms with Crippen molar-refractivity contribution in [1.82, 2.24) is 4.90 Å². The third-order valence-electron chi connectivity index (χ3n) is 2.27. The number of carbonyl (C=O) groups is 1. The average Bonchev–Trinajstić information content (AvgIpc) is 2.87. The van der Waals surface area contributed by atoms with Gasteiger partial charge in [-0.1, -0.05) is 6.58 Å². The molecule has 13 heavy (non-hydrogen) atoms. The molecule has 0 aromatic carbocycles. The van der Waals surface area contributed by atoms with Crippen LogP contribution >= 0.6 is 0 Å². The van der Waals surface area contributed by atoms with Gasteiger partial charge in [-0.25, -0.2) is 0 Å². The van der Waals surface area contributed by atoms with Gasteiger partial charge in [-0.05, 0) is 12.8 Å². The van der Waals surface area contributed by atoms with Gasteiger partial charge in [0.1, 0.15) is 0 Å². The fourth-order valence-corrected chi connectivity index (χ4v) is 1.34. The molecule has 0 unspecified atom stereocenters. The predicted molar refractivity (Wildman–Crippen MR) is 51.0 cm³/mol. The van der Waals surface area contributed by atoms with Crippen molar-refractivity contribution in [3.05, 3.63) is 24.2 Å². The van der Waals surface area contributed by atoms with Crippen molar-refractivity contribution >= 4 is 12.1 Å². The third-order valence-corrected chi connectivity index (χ3v) is 2.27. The van der Waals surface area contributed by atoms with Crippen LogP contribution in [0.25, 0.3) is 0 Å². The van der Waals surface area contributed by atoms with Crippen molar-refractivity contribution in [1.29, 1.82) is 0 Å². The maximum Gasteiger partial charge on any atom is 0.228 e. The first-order valence-corrected chi connectivity index (χ1v) is 4.43. The molecule has 3 nitrogen and oxygen atoms in total. The molecule has 0 spiro atoms. The quantitative estimate of drug-likeness (QED) is 0.598. The summed E-state index contributed by atoms with van der Waals surface area (Å²) in [5, 5.41) is 0. The second kappa shape index (κ2) is 2.83. The van der Waals surface area contributed by atoms with Crippen LogP contribution in [0.1, 0.15) is 19.8 Å². The minimum atomic E-state index is -0.00528. The zero-order chi connectivity index (χ0) is 9.42. The van der Waals surface area contributed by atoms with Crippen LogP contribution in [-0.4, -0.2) is 17.0 Å². The molecule has 1 amide bonds. The van der Waals surface area contributed by atoms with Gasteiger partial charge in [0.05, 0.1) is 17.6 Å². The molecule has 0 bridgehead atoms. The third kappa shape index (κ3) is 1.54. The van der Waals surface area contributed by atoms with E-state index < -0.39 is 0 Å². The Morgan fingerprint density at radius 2 is 2.38 bits per heavy atom. The topological polar surface area (TPSA) is 32.7 Å². The summed E-state index contributed by atoms with van der Waals surface area (Å²) in [7, 11) is 0. The first-order valence-electron chi connectivity index (χ1n) is 4.43. The van der Waals surface area contributed by atoms with E-state index in [4.69, 9.17) is 0 Å². The van der Waals surface area contributed by atoms with Crippen LogP contribution in [0.4, 0.5) is 0 Å². The van der Waals surface area contributed by atoms with E-state index in [2.05, 4.69) is 11.6 Å². The van der Waals surface area contributed by atoms with Gasteiger partial charge in [-0.3, -0.25) is 14.7 Å². The molecule has 1 aliphatic carbocycles. The molecule has 0 radical (unpaired) electrons. The van der Waals surface area contributed by atoms with Gasteiger partial charge in [0.25, 0.3) is 0 Å². The number of allylic oxidation sites excluding steroid dienone is 2. The number of rotatable bonds is 1.